The third-order valence-corrected chi connectivity index (χ3v) is 3.27. The van der Waals surface area contributed by atoms with E-state index in [1.54, 1.807) is 14.7 Å². The van der Waals surface area contributed by atoms with Crippen LogP contribution >= 0.6 is 0 Å². The van der Waals surface area contributed by atoms with Crippen molar-refractivity contribution in [3.05, 3.63) is 0 Å². The molecule has 0 aromatic carbocycles. The largest absolute Gasteiger partial charge is 3.00 e. The molecule has 1 fully saturated rings. The molecule has 0 aromatic rings. The second-order valence-corrected chi connectivity index (χ2v) is 5.01. The first-order chi connectivity index (χ1) is 9.86. The minimum absolute atomic E-state index is 0. The fourth-order valence-corrected chi connectivity index (χ4v) is 2.23. The van der Waals surface area contributed by atoms with Gasteiger partial charge >= 0.3 is 35.0 Å². The molecule has 1 saturated heterocycles. The van der Waals surface area contributed by atoms with E-state index in [4.69, 9.17) is 15.3 Å². The van der Waals surface area contributed by atoms with Crippen LogP contribution in [0.15, 0.2) is 0 Å². The van der Waals surface area contributed by atoms with Crippen molar-refractivity contribution in [2.45, 2.75) is 0 Å². The maximum Gasteiger partial charge on any atom is 3.00 e. The Morgan fingerprint density at radius 1 is 0.591 bits per heavy atom. The number of hydrogen-bond acceptors (Lipinski definition) is 6. The molecule has 1 aliphatic rings. The molecule has 0 bridgehead atoms. The third-order valence-electron chi connectivity index (χ3n) is 3.27. The van der Waals surface area contributed by atoms with Crippen LogP contribution in [0.5, 0.6) is 0 Å². The number of carboxylic acids is 3. The molecule has 22 heavy (non-hydrogen) atoms. The van der Waals surface area contributed by atoms with Crippen molar-refractivity contribution in [1.29, 1.82) is 0 Å². The molecule has 10 heteroatoms. The number of carboxylic acid groups (broad SMARTS) is 3. The summed E-state index contributed by atoms with van der Waals surface area (Å²) in [4.78, 5) is 37.5. The summed E-state index contributed by atoms with van der Waals surface area (Å²) >= 11 is 0. The van der Waals surface area contributed by atoms with E-state index < -0.39 is 17.9 Å². The van der Waals surface area contributed by atoms with E-state index in [-0.39, 0.29) is 36.7 Å². The van der Waals surface area contributed by atoms with Crippen molar-refractivity contribution < 1.29 is 46.8 Å². The van der Waals surface area contributed by atoms with Gasteiger partial charge in [-0.3, -0.25) is 29.1 Å². The van der Waals surface area contributed by atoms with Gasteiger partial charge in [0.15, 0.2) is 0 Å². The van der Waals surface area contributed by atoms with Crippen LogP contribution in [0, 0.1) is 0 Å². The summed E-state index contributed by atoms with van der Waals surface area (Å²) < 4.78 is 0. The quantitative estimate of drug-likeness (QED) is 0.470. The van der Waals surface area contributed by atoms with Crippen LogP contribution in [0.1, 0.15) is 0 Å². The fourth-order valence-electron chi connectivity index (χ4n) is 2.23. The summed E-state index contributed by atoms with van der Waals surface area (Å²) in [6.07, 6.45) is 0. The Hall–Kier alpha value is -1.19. The van der Waals surface area contributed by atoms with Crippen molar-refractivity contribution in [3.63, 3.8) is 0 Å². The molecule has 1 aliphatic heterocycles. The van der Waals surface area contributed by atoms with Crippen LogP contribution in [0.4, 0.5) is 0 Å². The predicted molar refractivity (Wildman–Crippen MR) is 72.2 cm³/mol. The maximum absolute atomic E-state index is 10.8. The van der Waals surface area contributed by atoms with Crippen LogP contribution in [-0.2, 0) is 31.5 Å². The van der Waals surface area contributed by atoms with E-state index in [2.05, 4.69) is 0 Å². The number of rotatable bonds is 6. The molecule has 1 radical (unpaired) electrons. The molecular weight excluding hydrogens is 338 g/mol. The molecule has 0 spiro atoms. The van der Waals surface area contributed by atoms with Crippen molar-refractivity contribution in [2.75, 3.05) is 58.9 Å². The first kappa shape index (κ1) is 20.8. The number of hydrogen-bond donors (Lipinski definition) is 3. The molecule has 9 nitrogen and oxygen atoms in total. The van der Waals surface area contributed by atoms with E-state index >= 15 is 0 Å². The van der Waals surface area contributed by atoms with E-state index in [9.17, 15) is 14.4 Å². The summed E-state index contributed by atoms with van der Waals surface area (Å²) in [5.74, 6) is -2.86. The monoisotopic (exact) mass is 359 g/mol. The van der Waals surface area contributed by atoms with Gasteiger partial charge in [0.25, 0.3) is 0 Å². The topological polar surface area (TPSA) is 122 Å². The zero-order valence-corrected chi connectivity index (χ0v) is 13.2. The SMILES string of the molecule is O=C(O)CN1CCN(CC(=O)O)CCN(CC(=O)O)CC1.[Fe+3]. The Bertz CT molecular complexity index is 326. The summed E-state index contributed by atoms with van der Waals surface area (Å²) in [5.41, 5.74) is 0. The molecule has 0 amide bonds. The molecule has 0 aromatic heterocycles. The Morgan fingerprint density at radius 3 is 0.909 bits per heavy atom. The normalized spacial score (nSPS) is 18.5. The minimum atomic E-state index is -0.955. The molecule has 0 atom stereocenters. The van der Waals surface area contributed by atoms with Crippen LogP contribution < -0.4 is 0 Å². The molecular formula is C12H21FeN3O6+3. The van der Waals surface area contributed by atoms with Crippen molar-refractivity contribution in [1.82, 2.24) is 14.7 Å². The molecule has 1 heterocycles. The van der Waals surface area contributed by atoms with E-state index in [1.165, 1.54) is 0 Å². The van der Waals surface area contributed by atoms with Gasteiger partial charge in [-0.25, -0.2) is 0 Å². The standard InChI is InChI=1S/C12H21N3O6.Fe/c16-10(17)7-13-1-2-14(8-11(18)19)5-6-15(4-3-13)9-12(20)21;/h1-9H2,(H,16,17)(H,18,19)(H,20,21);/q;+3. The van der Waals surface area contributed by atoms with Gasteiger partial charge in [-0.05, 0) is 0 Å². The van der Waals surface area contributed by atoms with Crippen molar-refractivity contribution in [2.24, 2.45) is 0 Å². The molecule has 0 aliphatic carbocycles. The van der Waals surface area contributed by atoms with Gasteiger partial charge in [0.05, 0.1) is 19.6 Å². The predicted octanol–water partition coefficient (Wildman–Crippen LogP) is -1.84. The van der Waals surface area contributed by atoms with Crippen LogP contribution in [0.2, 0.25) is 0 Å². The zero-order valence-electron chi connectivity index (χ0n) is 12.1. The molecule has 0 unspecified atom stereocenters. The van der Waals surface area contributed by atoms with Gasteiger partial charge in [0.1, 0.15) is 0 Å². The van der Waals surface area contributed by atoms with Crippen LogP contribution in [0.3, 0.4) is 0 Å². The van der Waals surface area contributed by atoms with Crippen LogP contribution in [-0.4, -0.2) is 107 Å². The van der Waals surface area contributed by atoms with E-state index in [0.717, 1.165) is 0 Å². The second kappa shape index (κ2) is 10.5. The average molecular weight is 359 g/mol. The molecule has 0 saturated carbocycles. The third kappa shape index (κ3) is 8.96. The van der Waals surface area contributed by atoms with Gasteiger partial charge in [0, 0.05) is 39.3 Å². The van der Waals surface area contributed by atoms with Crippen molar-refractivity contribution in [3.8, 4) is 0 Å². The van der Waals surface area contributed by atoms with Gasteiger partial charge < -0.3 is 15.3 Å². The van der Waals surface area contributed by atoms with Crippen molar-refractivity contribution >= 4 is 17.9 Å². The molecule has 1 rings (SSSR count). The first-order valence-electron chi connectivity index (χ1n) is 6.69. The summed E-state index contributed by atoms with van der Waals surface area (Å²) in [7, 11) is 0. The van der Waals surface area contributed by atoms with Gasteiger partial charge in [0.2, 0.25) is 0 Å². The van der Waals surface area contributed by atoms with Crippen LogP contribution in [0.25, 0.3) is 0 Å². The van der Waals surface area contributed by atoms with Gasteiger partial charge in [-0.2, -0.15) is 0 Å². The Kier molecular flexibility index (Phi) is 9.95. The fraction of sp³-hybridized carbons (Fsp3) is 0.750. The summed E-state index contributed by atoms with van der Waals surface area (Å²) in [6, 6.07) is 0. The first-order valence-corrected chi connectivity index (χ1v) is 6.69. The van der Waals surface area contributed by atoms with Gasteiger partial charge in [-0.15, -0.1) is 0 Å². The molecule has 3 N–H and O–H groups in total. The Morgan fingerprint density at radius 2 is 0.773 bits per heavy atom. The number of carbonyl (C=O) groups is 3. The molecule has 125 valence electrons. The van der Waals surface area contributed by atoms with Gasteiger partial charge in [-0.1, -0.05) is 0 Å². The smallest absolute Gasteiger partial charge is 0.480 e. The maximum atomic E-state index is 10.8. The van der Waals surface area contributed by atoms with E-state index in [1.807, 2.05) is 0 Å². The zero-order chi connectivity index (χ0) is 15.8. The average Bonchev–Trinajstić information content (AvgIpc) is 2.42. The number of aliphatic carboxylic acids is 3. The summed E-state index contributed by atoms with van der Waals surface area (Å²) in [5, 5.41) is 26.6. The summed E-state index contributed by atoms with van der Waals surface area (Å²) in [6.45, 7) is 2.26. The Labute approximate surface area is 138 Å². The minimum Gasteiger partial charge on any atom is -0.480 e. The second-order valence-electron chi connectivity index (χ2n) is 5.01. The Balaban J connectivity index is 0.00000441. The van der Waals surface area contributed by atoms with E-state index in [0.29, 0.717) is 39.3 Å². The number of nitrogens with zero attached hydrogens (tertiary/aromatic N) is 3.